The zero-order valence-electron chi connectivity index (χ0n) is 36.1. The van der Waals surface area contributed by atoms with Crippen LogP contribution < -0.4 is 4.90 Å². The lowest BCUT2D eigenvalue weighted by molar-refractivity contribution is 1.12. The van der Waals surface area contributed by atoms with E-state index in [1.165, 1.54) is 70.5 Å². The molecule has 2 heteroatoms. The van der Waals surface area contributed by atoms with Crippen molar-refractivity contribution >= 4 is 87.9 Å². The number of aromatic nitrogens is 1. The van der Waals surface area contributed by atoms with Crippen molar-refractivity contribution in [3.63, 3.8) is 0 Å². The van der Waals surface area contributed by atoms with Crippen molar-refractivity contribution in [2.75, 3.05) is 4.90 Å². The van der Waals surface area contributed by atoms with E-state index in [-0.39, 0.29) is 0 Å². The molecular formula is C63H44N2. The molecular weight excluding hydrogens is 785 g/mol. The van der Waals surface area contributed by atoms with Gasteiger partial charge in [-0.2, -0.15) is 0 Å². The Kier molecular flexibility index (Phi) is 9.43. The van der Waals surface area contributed by atoms with Crippen molar-refractivity contribution in [3.8, 4) is 27.9 Å². The Hall–Kier alpha value is -8.46. The van der Waals surface area contributed by atoms with E-state index in [1.807, 2.05) is 0 Å². The van der Waals surface area contributed by atoms with Gasteiger partial charge >= 0.3 is 0 Å². The van der Waals surface area contributed by atoms with Gasteiger partial charge in [0.15, 0.2) is 0 Å². The minimum absolute atomic E-state index is 1.09. The van der Waals surface area contributed by atoms with E-state index >= 15 is 0 Å². The van der Waals surface area contributed by atoms with E-state index in [0.29, 0.717) is 0 Å². The molecule has 0 radical (unpaired) electrons. The third kappa shape index (κ3) is 6.75. The van der Waals surface area contributed by atoms with Gasteiger partial charge in [-0.15, -0.1) is 0 Å². The molecule has 11 aromatic carbocycles. The Morgan fingerprint density at radius 1 is 0.369 bits per heavy atom. The molecule has 12 aromatic rings. The fourth-order valence-corrected chi connectivity index (χ4v) is 9.91. The van der Waals surface area contributed by atoms with E-state index in [1.54, 1.807) is 0 Å². The number of rotatable bonds is 8. The van der Waals surface area contributed by atoms with Crippen molar-refractivity contribution in [2.24, 2.45) is 0 Å². The van der Waals surface area contributed by atoms with Crippen molar-refractivity contribution < 1.29 is 0 Å². The molecule has 0 aliphatic carbocycles. The first-order valence-electron chi connectivity index (χ1n) is 22.4. The molecule has 0 saturated carbocycles. The average Bonchev–Trinajstić information content (AvgIpc) is 3.72. The molecule has 0 saturated heterocycles. The Morgan fingerprint density at radius 3 is 1.80 bits per heavy atom. The summed E-state index contributed by atoms with van der Waals surface area (Å²) in [5.74, 6) is 0. The zero-order chi connectivity index (χ0) is 43.3. The molecule has 306 valence electrons. The maximum absolute atomic E-state index is 2.49. The van der Waals surface area contributed by atoms with E-state index in [4.69, 9.17) is 0 Å². The van der Waals surface area contributed by atoms with Crippen LogP contribution >= 0.6 is 0 Å². The number of anilines is 3. The molecule has 0 spiro atoms. The van der Waals surface area contributed by atoms with E-state index in [0.717, 1.165) is 45.0 Å². The summed E-state index contributed by atoms with van der Waals surface area (Å²) >= 11 is 0. The summed E-state index contributed by atoms with van der Waals surface area (Å²) in [7, 11) is 0. The Morgan fingerprint density at radius 2 is 0.985 bits per heavy atom. The number of nitrogens with zero attached hydrogens (tertiary/aromatic N) is 2. The normalized spacial score (nSPS) is 12.0. The number of benzene rings is 11. The van der Waals surface area contributed by atoms with E-state index in [9.17, 15) is 0 Å². The Balaban J connectivity index is 1.12. The van der Waals surface area contributed by atoms with Crippen molar-refractivity contribution in [3.05, 3.63) is 248 Å². The van der Waals surface area contributed by atoms with Crippen molar-refractivity contribution in [2.45, 2.75) is 6.92 Å². The Labute approximate surface area is 378 Å². The second-order valence-electron chi connectivity index (χ2n) is 16.9. The van der Waals surface area contributed by atoms with Crippen molar-refractivity contribution in [1.82, 2.24) is 4.57 Å². The summed E-state index contributed by atoms with van der Waals surface area (Å²) in [5, 5.41) is 13.4. The summed E-state index contributed by atoms with van der Waals surface area (Å²) in [4.78, 5) is 2.49. The zero-order valence-corrected chi connectivity index (χ0v) is 36.1. The minimum atomic E-state index is 1.09. The third-order valence-corrected chi connectivity index (χ3v) is 13.0. The second kappa shape index (κ2) is 16.0. The molecule has 1 aromatic heterocycles. The van der Waals surface area contributed by atoms with Gasteiger partial charge in [-0.1, -0.05) is 182 Å². The van der Waals surface area contributed by atoms with Crippen molar-refractivity contribution in [1.29, 1.82) is 0 Å². The molecule has 0 fully saturated rings. The molecule has 1 heterocycles. The number of hydrogen-bond donors (Lipinski definition) is 0. The summed E-state index contributed by atoms with van der Waals surface area (Å²) < 4.78 is 2.44. The maximum Gasteiger partial charge on any atom is 0.0541 e. The Bertz CT molecular complexity index is 3850. The molecule has 2 nitrogen and oxygen atoms in total. The third-order valence-electron chi connectivity index (χ3n) is 13.0. The highest BCUT2D eigenvalue weighted by atomic mass is 15.1. The van der Waals surface area contributed by atoms with Crippen LogP contribution in [0.3, 0.4) is 0 Å². The molecule has 0 amide bonds. The van der Waals surface area contributed by atoms with Crippen LogP contribution in [0.4, 0.5) is 17.1 Å². The largest absolute Gasteiger partial charge is 0.309 e. The van der Waals surface area contributed by atoms with Gasteiger partial charge in [-0.25, -0.2) is 0 Å². The SMILES string of the molecule is C/C=C\C=C/c1cc2cc3ccccc3cc2n1-c1ccc(N(c2ccc3c(ccc4ccccc43)c2)c2ccc(-c3ccc4ccccc4c3)cc2-c2ccccc2)c2ccccc12. The molecule has 0 aliphatic heterocycles. The maximum atomic E-state index is 2.49. The summed E-state index contributed by atoms with van der Waals surface area (Å²) in [6.45, 7) is 2.06. The predicted octanol–water partition coefficient (Wildman–Crippen LogP) is 17.8. The highest BCUT2D eigenvalue weighted by Crippen LogP contribution is 2.47. The lowest BCUT2D eigenvalue weighted by atomic mass is 9.94. The first-order valence-corrected chi connectivity index (χ1v) is 22.4. The monoisotopic (exact) mass is 828 g/mol. The van der Waals surface area contributed by atoms with Crippen LogP contribution in [0, 0.1) is 0 Å². The molecule has 0 bridgehead atoms. The fraction of sp³-hybridized carbons (Fsp3) is 0.0159. The van der Waals surface area contributed by atoms with Gasteiger partial charge in [-0.3, -0.25) is 0 Å². The van der Waals surface area contributed by atoms with Gasteiger partial charge in [0.1, 0.15) is 0 Å². The molecule has 65 heavy (non-hydrogen) atoms. The van der Waals surface area contributed by atoms with Crippen LogP contribution in [0.2, 0.25) is 0 Å². The minimum Gasteiger partial charge on any atom is -0.309 e. The van der Waals surface area contributed by atoms with E-state index < -0.39 is 0 Å². The topological polar surface area (TPSA) is 8.17 Å². The standard InChI is InChI=1S/C63H44N2/c1-2-3-5-23-53-40-52-38-47-21-10-11-22-48(47)42-63(52)65(53)61-36-35-60(57-25-14-15-26-58(57)61)64(54-32-33-56-51(39-54)30-28-45-19-12-13-24-55(45)56)62-34-31-50(41-59(62)44-17-6-4-7-18-44)49-29-27-43-16-8-9-20-46(43)37-49/h2-42H,1H3/b3-2-,23-5-. The van der Waals surface area contributed by atoms with Crippen LogP contribution in [0.5, 0.6) is 0 Å². The quantitative estimate of drug-likeness (QED) is 0.109. The molecule has 12 rings (SSSR count). The average molecular weight is 829 g/mol. The number of allylic oxidation sites excluding steroid dienone is 3. The number of hydrogen-bond acceptors (Lipinski definition) is 1. The van der Waals surface area contributed by atoms with Gasteiger partial charge in [0.2, 0.25) is 0 Å². The van der Waals surface area contributed by atoms with Gasteiger partial charge in [0, 0.05) is 33.1 Å². The summed E-state index contributed by atoms with van der Waals surface area (Å²) in [6.07, 6.45) is 8.53. The highest BCUT2D eigenvalue weighted by molar-refractivity contribution is 6.11. The molecule has 0 atom stereocenters. The fourth-order valence-electron chi connectivity index (χ4n) is 9.91. The van der Waals surface area contributed by atoms with Gasteiger partial charge < -0.3 is 9.47 Å². The van der Waals surface area contributed by atoms with Crippen LogP contribution in [0.1, 0.15) is 12.6 Å². The molecule has 0 unspecified atom stereocenters. The van der Waals surface area contributed by atoms with Crippen LogP contribution in [0.25, 0.3) is 98.8 Å². The molecule has 0 aliphatic rings. The lowest BCUT2D eigenvalue weighted by Gasteiger charge is -2.30. The molecule has 0 N–H and O–H groups in total. The first-order chi connectivity index (χ1) is 32.2. The second-order valence-corrected chi connectivity index (χ2v) is 16.9. The lowest BCUT2D eigenvalue weighted by Crippen LogP contribution is -2.12. The predicted molar refractivity (Wildman–Crippen MR) is 280 cm³/mol. The smallest absolute Gasteiger partial charge is 0.0541 e. The highest BCUT2D eigenvalue weighted by Gasteiger charge is 2.23. The number of fused-ring (bicyclic) bond motifs is 7. The summed E-state index contributed by atoms with van der Waals surface area (Å²) in [5.41, 5.74) is 11.4. The van der Waals surface area contributed by atoms with Gasteiger partial charge in [-0.05, 0) is 133 Å². The van der Waals surface area contributed by atoms with E-state index in [2.05, 4.69) is 265 Å². The van der Waals surface area contributed by atoms with Crippen LogP contribution in [-0.2, 0) is 0 Å². The van der Waals surface area contributed by atoms with Gasteiger partial charge in [0.05, 0.1) is 22.6 Å². The van der Waals surface area contributed by atoms with Crippen LogP contribution in [-0.4, -0.2) is 4.57 Å². The first kappa shape index (κ1) is 38.2. The van der Waals surface area contributed by atoms with Gasteiger partial charge in [0.25, 0.3) is 0 Å². The van der Waals surface area contributed by atoms with Crippen LogP contribution in [0.15, 0.2) is 243 Å². The summed E-state index contributed by atoms with van der Waals surface area (Å²) in [6, 6.07) is 82.7.